The summed E-state index contributed by atoms with van der Waals surface area (Å²) in [6.07, 6.45) is 0.927. The van der Waals surface area contributed by atoms with Crippen LogP contribution in [-0.2, 0) is 0 Å². The summed E-state index contributed by atoms with van der Waals surface area (Å²) in [6, 6.07) is 4.43. The average Bonchev–Trinajstić information content (AvgIpc) is 2.65. The Bertz CT molecular complexity index is 319. The zero-order valence-electron chi connectivity index (χ0n) is 9.69. The SMILES string of the molecule is CCC(N)C(c1ccc(Br)s1)N(C)CCO. The van der Waals surface area contributed by atoms with Crippen molar-refractivity contribution in [2.24, 2.45) is 5.73 Å². The van der Waals surface area contributed by atoms with Crippen LogP contribution in [0.25, 0.3) is 0 Å². The van der Waals surface area contributed by atoms with Crippen LogP contribution in [0.1, 0.15) is 24.3 Å². The van der Waals surface area contributed by atoms with E-state index in [0.29, 0.717) is 6.54 Å². The van der Waals surface area contributed by atoms with Crippen LogP contribution in [0.2, 0.25) is 0 Å². The second kappa shape index (κ2) is 6.71. The third kappa shape index (κ3) is 3.53. The highest BCUT2D eigenvalue weighted by molar-refractivity contribution is 9.11. The molecule has 0 fully saturated rings. The zero-order chi connectivity index (χ0) is 12.1. The molecule has 0 saturated carbocycles. The molecule has 0 saturated heterocycles. The Hall–Kier alpha value is 0.0600. The van der Waals surface area contributed by atoms with Gasteiger partial charge in [-0.2, -0.15) is 0 Å². The number of thiophene rings is 1. The van der Waals surface area contributed by atoms with Gasteiger partial charge >= 0.3 is 0 Å². The fourth-order valence-corrected chi connectivity index (χ4v) is 3.43. The van der Waals surface area contributed by atoms with Crippen molar-refractivity contribution in [3.63, 3.8) is 0 Å². The summed E-state index contributed by atoms with van der Waals surface area (Å²) in [6.45, 7) is 2.90. The van der Waals surface area contributed by atoms with Crippen LogP contribution >= 0.6 is 27.3 Å². The Kier molecular flexibility index (Phi) is 5.92. The number of nitrogens with two attached hydrogens (primary N) is 1. The largest absolute Gasteiger partial charge is 0.395 e. The van der Waals surface area contributed by atoms with Crippen molar-refractivity contribution in [2.45, 2.75) is 25.4 Å². The van der Waals surface area contributed by atoms with Crippen LogP contribution in [0.5, 0.6) is 0 Å². The topological polar surface area (TPSA) is 49.5 Å². The highest BCUT2D eigenvalue weighted by atomic mass is 79.9. The summed E-state index contributed by atoms with van der Waals surface area (Å²) >= 11 is 5.18. The number of aliphatic hydroxyl groups is 1. The first-order valence-electron chi connectivity index (χ1n) is 5.42. The minimum atomic E-state index is 0.0992. The van der Waals surface area contributed by atoms with E-state index in [-0.39, 0.29) is 18.7 Å². The number of aliphatic hydroxyl groups excluding tert-OH is 1. The standard InChI is InChI=1S/C11H19BrN2OS/c1-3-8(13)11(14(2)6-7-15)9-4-5-10(12)16-9/h4-5,8,11,15H,3,6-7,13H2,1-2H3. The van der Waals surface area contributed by atoms with Crippen molar-refractivity contribution < 1.29 is 5.11 Å². The lowest BCUT2D eigenvalue weighted by molar-refractivity contribution is 0.164. The zero-order valence-corrected chi connectivity index (χ0v) is 12.1. The molecule has 0 bridgehead atoms. The van der Waals surface area contributed by atoms with Gasteiger partial charge in [0.15, 0.2) is 0 Å². The van der Waals surface area contributed by atoms with E-state index < -0.39 is 0 Å². The molecule has 0 amide bonds. The normalized spacial score (nSPS) is 15.4. The lowest BCUT2D eigenvalue weighted by Crippen LogP contribution is -2.39. The highest BCUT2D eigenvalue weighted by Crippen LogP contribution is 2.32. The Morgan fingerprint density at radius 3 is 2.69 bits per heavy atom. The first-order chi connectivity index (χ1) is 7.60. The van der Waals surface area contributed by atoms with Gasteiger partial charge in [0.25, 0.3) is 0 Å². The molecule has 1 aromatic rings. The maximum absolute atomic E-state index is 9.00. The van der Waals surface area contributed by atoms with Crippen LogP contribution in [0.4, 0.5) is 0 Å². The number of halogens is 1. The lowest BCUT2D eigenvalue weighted by Gasteiger charge is -2.31. The Morgan fingerprint density at radius 2 is 2.25 bits per heavy atom. The fraction of sp³-hybridized carbons (Fsp3) is 0.636. The van der Waals surface area contributed by atoms with Gasteiger partial charge in [0.2, 0.25) is 0 Å². The van der Waals surface area contributed by atoms with Crippen molar-refractivity contribution in [1.29, 1.82) is 0 Å². The average molecular weight is 307 g/mol. The predicted molar refractivity (Wildman–Crippen MR) is 72.7 cm³/mol. The monoisotopic (exact) mass is 306 g/mol. The van der Waals surface area contributed by atoms with Gasteiger partial charge in [0, 0.05) is 17.5 Å². The molecule has 1 aromatic heterocycles. The molecule has 0 radical (unpaired) electrons. The smallest absolute Gasteiger partial charge is 0.0702 e. The summed E-state index contributed by atoms with van der Waals surface area (Å²) in [5.74, 6) is 0. The molecule has 3 nitrogen and oxygen atoms in total. The number of nitrogens with zero attached hydrogens (tertiary/aromatic N) is 1. The molecule has 2 unspecified atom stereocenters. The van der Waals surface area contributed by atoms with E-state index in [1.807, 2.05) is 13.1 Å². The molecule has 1 rings (SSSR count). The van der Waals surface area contributed by atoms with E-state index in [1.54, 1.807) is 11.3 Å². The minimum Gasteiger partial charge on any atom is -0.395 e. The van der Waals surface area contributed by atoms with Gasteiger partial charge in [-0.1, -0.05) is 6.92 Å². The molecule has 92 valence electrons. The molecular formula is C11H19BrN2OS. The summed E-state index contributed by atoms with van der Waals surface area (Å²) in [4.78, 5) is 3.36. The number of likely N-dealkylation sites (N-methyl/N-ethyl adjacent to an activating group) is 1. The molecular weight excluding hydrogens is 288 g/mol. The van der Waals surface area contributed by atoms with Gasteiger partial charge in [-0.25, -0.2) is 0 Å². The number of rotatable bonds is 6. The quantitative estimate of drug-likeness (QED) is 0.847. The van der Waals surface area contributed by atoms with Gasteiger partial charge < -0.3 is 10.8 Å². The van der Waals surface area contributed by atoms with Gasteiger partial charge in [-0.15, -0.1) is 11.3 Å². The van der Waals surface area contributed by atoms with Crippen molar-refractivity contribution >= 4 is 27.3 Å². The molecule has 2 atom stereocenters. The Balaban J connectivity index is 2.86. The maximum atomic E-state index is 9.00. The first kappa shape index (κ1) is 14.1. The van der Waals surface area contributed by atoms with Crippen LogP contribution in [0, 0.1) is 0 Å². The van der Waals surface area contributed by atoms with E-state index in [2.05, 4.69) is 33.8 Å². The van der Waals surface area contributed by atoms with Crippen LogP contribution in [0.3, 0.4) is 0 Å². The second-order valence-electron chi connectivity index (χ2n) is 3.86. The minimum absolute atomic E-state index is 0.0992. The Labute approximate surface area is 109 Å². The highest BCUT2D eigenvalue weighted by Gasteiger charge is 2.24. The third-order valence-corrected chi connectivity index (χ3v) is 4.38. The van der Waals surface area contributed by atoms with E-state index >= 15 is 0 Å². The fourth-order valence-electron chi connectivity index (χ4n) is 1.76. The van der Waals surface area contributed by atoms with Crippen LogP contribution < -0.4 is 5.73 Å². The number of hydrogen-bond acceptors (Lipinski definition) is 4. The van der Waals surface area contributed by atoms with Crippen LogP contribution in [-0.4, -0.2) is 36.2 Å². The summed E-state index contributed by atoms with van der Waals surface area (Å²) in [5.41, 5.74) is 6.16. The Morgan fingerprint density at radius 1 is 1.56 bits per heavy atom. The summed E-state index contributed by atoms with van der Waals surface area (Å²) < 4.78 is 1.12. The molecule has 1 heterocycles. The summed E-state index contributed by atoms with van der Waals surface area (Å²) in [5, 5.41) is 9.00. The van der Waals surface area contributed by atoms with Crippen molar-refractivity contribution in [1.82, 2.24) is 4.90 Å². The van der Waals surface area contributed by atoms with Gasteiger partial charge in [-0.05, 0) is 41.5 Å². The van der Waals surface area contributed by atoms with Gasteiger partial charge in [-0.3, -0.25) is 4.90 Å². The molecule has 0 aliphatic carbocycles. The molecule has 0 spiro atoms. The third-order valence-electron chi connectivity index (χ3n) is 2.69. The molecule has 16 heavy (non-hydrogen) atoms. The van der Waals surface area contributed by atoms with Crippen molar-refractivity contribution in [2.75, 3.05) is 20.2 Å². The molecule has 0 aromatic carbocycles. The van der Waals surface area contributed by atoms with Gasteiger partial charge in [0.1, 0.15) is 0 Å². The second-order valence-corrected chi connectivity index (χ2v) is 6.36. The molecule has 0 aliphatic heterocycles. The van der Waals surface area contributed by atoms with Crippen molar-refractivity contribution in [3.8, 4) is 0 Å². The maximum Gasteiger partial charge on any atom is 0.0702 e. The van der Waals surface area contributed by atoms with E-state index in [1.165, 1.54) is 4.88 Å². The van der Waals surface area contributed by atoms with Gasteiger partial charge in [0.05, 0.1) is 16.4 Å². The van der Waals surface area contributed by atoms with Crippen molar-refractivity contribution in [3.05, 3.63) is 20.8 Å². The predicted octanol–water partition coefficient (Wildman–Crippen LogP) is 2.21. The van der Waals surface area contributed by atoms with E-state index in [0.717, 1.165) is 10.2 Å². The van der Waals surface area contributed by atoms with E-state index in [4.69, 9.17) is 10.8 Å². The molecule has 0 aliphatic rings. The van der Waals surface area contributed by atoms with Crippen LogP contribution in [0.15, 0.2) is 15.9 Å². The lowest BCUT2D eigenvalue weighted by atomic mass is 10.0. The summed E-state index contributed by atoms with van der Waals surface area (Å²) in [7, 11) is 2.00. The number of hydrogen-bond donors (Lipinski definition) is 2. The van der Waals surface area contributed by atoms with E-state index in [9.17, 15) is 0 Å². The molecule has 3 N–H and O–H groups in total. The first-order valence-corrected chi connectivity index (χ1v) is 7.03. The molecule has 5 heteroatoms.